The first-order chi connectivity index (χ1) is 15.4. The number of rotatable bonds is 11. The summed E-state index contributed by atoms with van der Waals surface area (Å²) in [6, 6.07) is 17.1. The molecule has 0 aliphatic rings. The molecule has 0 radical (unpaired) electrons. The molecule has 0 saturated carbocycles. The van der Waals surface area contributed by atoms with Gasteiger partial charge in [0.1, 0.15) is 0 Å². The van der Waals surface area contributed by atoms with E-state index in [0.717, 1.165) is 10.9 Å². The normalized spacial score (nSPS) is 12.9. The first-order valence-corrected chi connectivity index (χ1v) is 13.1. The van der Waals surface area contributed by atoms with Gasteiger partial charge in [0.05, 0.1) is 17.5 Å². The highest BCUT2D eigenvalue weighted by Crippen LogP contribution is 2.31. The van der Waals surface area contributed by atoms with Gasteiger partial charge < -0.3 is 4.74 Å². The second kappa shape index (κ2) is 11.1. The number of sulfonamides is 1. The van der Waals surface area contributed by atoms with Gasteiger partial charge in [0.25, 0.3) is 0 Å². The molecular weight excluding hydrogens is 444 g/mol. The van der Waals surface area contributed by atoms with Crippen molar-refractivity contribution in [3.63, 3.8) is 0 Å². The Morgan fingerprint density at radius 2 is 1.78 bits per heavy atom. The van der Waals surface area contributed by atoms with Crippen LogP contribution in [0.2, 0.25) is 0 Å². The Morgan fingerprint density at radius 3 is 2.44 bits per heavy atom. The Morgan fingerprint density at radius 1 is 1.06 bits per heavy atom. The lowest BCUT2D eigenvalue weighted by Gasteiger charge is -2.20. The molecule has 1 unspecified atom stereocenters. The predicted molar refractivity (Wildman–Crippen MR) is 128 cm³/mol. The predicted octanol–water partition coefficient (Wildman–Crippen LogP) is 4.48. The van der Waals surface area contributed by atoms with E-state index >= 15 is 0 Å². The molecule has 0 fully saturated rings. The summed E-state index contributed by atoms with van der Waals surface area (Å²) in [5.41, 5.74) is 1.90. The second-order valence-electron chi connectivity index (χ2n) is 7.37. The van der Waals surface area contributed by atoms with Crippen LogP contribution in [-0.2, 0) is 20.5 Å². The van der Waals surface area contributed by atoms with Gasteiger partial charge in [-0.2, -0.15) is 4.31 Å². The monoisotopic (exact) mass is 474 g/mol. The topological polar surface area (TPSA) is 77.3 Å². The first-order valence-electron chi connectivity index (χ1n) is 10.6. The summed E-state index contributed by atoms with van der Waals surface area (Å²) in [6.07, 6.45) is 0. The van der Waals surface area contributed by atoms with Crippen LogP contribution in [0.3, 0.4) is 0 Å². The lowest BCUT2D eigenvalue weighted by atomic mass is 10.2. The molecule has 0 saturated heterocycles. The van der Waals surface area contributed by atoms with E-state index < -0.39 is 10.0 Å². The summed E-state index contributed by atoms with van der Waals surface area (Å²) in [5, 5.41) is 9.64. The largest absolute Gasteiger partial charge is 0.383 e. The van der Waals surface area contributed by atoms with Gasteiger partial charge in [-0.1, -0.05) is 68.1 Å². The average Bonchev–Trinajstić information content (AvgIpc) is 3.23. The van der Waals surface area contributed by atoms with E-state index in [1.54, 1.807) is 37.1 Å². The first kappa shape index (κ1) is 24.4. The Bertz CT molecular complexity index is 1110. The smallest absolute Gasteiger partial charge is 0.243 e. The zero-order chi connectivity index (χ0) is 23.1. The molecule has 1 aromatic heterocycles. The third-order valence-corrected chi connectivity index (χ3v) is 8.22. The Labute approximate surface area is 194 Å². The maximum atomic E-state index is 13.0. The Kier molecular flexibility index (Phi) is 8.47. The van der Waals surface area contributed by atoms with Crippen LogP contribution in [-0.4, -0.2) is 54.3 Å². The SMILES string of the molecule is CCN(CC)S(=O)(=O)c1cccc(-c2nnc(SCc3ccccc3)n2C(C)COC)c1. The standard InChI is InChI=1S/C23H30N4O3S2/c1-5-26(6-2)32(28,29)21-14-10-13-20(15-21)22-24-25-23(27(22)18(3)16-30-4)31-17-19-11-8-7-9-12-19/h7-15,18H,5-6,16-17H2,1-4H3. The van der Waals surface area contributed by atoms with E-state index in [4.69, 9.17) is 4.74 Å². The van der Waals surface area contributed by atoms with Crippen molar-refractivity contribution in [2.45, 2.75) is 42.6 Å². The molecule has 172 valence electrons. The zero-order valence-electron chi connectivity index (χ0n) is 18.9. The van der Waals surface area contributed by atoms with E-state index in [-0.39, 0.29) is 10.9 Å². The fourth-order valence-corrected chi connectivity index (χ4v) is 6.01. The molecular formula is C23H30N4O3S2. The van der Waals surface area contributed by atoms with Gasteiger partial charge in [0.2, 0.25) is 10.0 Å². The maximum Gasteiger partial charge on any atom is 0.243 e. The molecule has 1 heterocycles. The lowest BCUT2D eigenvalue weighted by molar-refractivity contribution is 0.159. The fraction of sp³-hybridized carbons (Fsp3) is 0.391. The van der Waals surface area contributed by atoms with E-state index in [1.807, 2.05) is 49.6 Å². The molecule has 0 bridgehead atoms. The number of thioether (sulfide) groups is 1. The molecule has 3 rings (SSSR count). The number of nitrogens with zero attached hydrogens (tertiary/aromatic N) is 4. The third kappa shape index (κ3) is 5.40. The average molecular weight is 475 g/mol. The van der Waals surface area contributed by atoms with E-state index in [9.17, 15) is 8.42 Å². The summed E-state index contributed by atoms with van der Waals surface area (Å²) >= 11 is 1.60. The van der Waals surface area contributed by atoms with Crippen molar-refractivity contribution in [3.05, 3.63) is 60.2 Å². The summed E-state index contributed by atoms with van der Waals surface area (Å²) in [6.45, 7) is 7.05. The van der Waals surface area contributed by atoms with Gasteiger partial charge >= 0.3 is 0 Å². The van der Waals surface area contributed by atoms with Crippen molar-refractivity contribution in [2.75, 3.05) is 26.8 Å². The van der Waals surface area contributed by atoms with Crippen LogP contribution in [0, 0.1) is 0 Å². The minimum Gasteiger partial charge on any atom is -0.383 e. The highest BCUT2D eigenvalue weighted by molar-refractivity contribution is 7.98. The number of benzene rings is 2. The molecule has 0 aliphatic heterocycles. The van der Waals surface area contributed by atoms with Gasteiger partial charge in [-0.05, 0) is 24.6 Å². The second-order valence-corrected chi connectivity index (χ2v) is 10.3. The Balaban J connectivity index is 1.99. The van der Waals surface area contributed by atoms with Gasteiger partial charge in [0.15, 0.2) is 11.0 Å². The Hall–Kier alpha value is -2.20. The molecule has 0 amide bonds. The molecule has 3 aromatic rings. The van der Waals surface area contributed by atoms with Crippen LogP contribution < -0.4 is 0 Å². The number of aromatic nitrogens is 3. The van der Waals surface area contributed by atoms with Gasteiger partial charge in [-0.15, -0.1) is 10.2 Å². The summed E-state index contributed by atoms with van der Waals surface area (Å²) in [4.78, 5) is 0.256. The molecule has 9 heteroatoms. The minimum absolute atomic E-state index is 0.0219. The summed E-state index contributed by atoms with van der Waals surface area (Å²) in [5.74, 6) is 1.39. The van der Waals surface area contributed by atoms with Crippen LogP contribution in [0.15, 0.2) is 64.6 Å². The van der Waals surface area contributed by atoms with Crippen LogP contribution in [0.25, 0.3) is 11.4 Å². The number of ether oxygens (including phenoxy) is 1. The zero-order valence-corrected chi connectivity index (χ0v) is 20.6. The van der Waals surface area contributed by atoms with Crippen LogP contribution in [0.4, 0.5) is 0 Å². The van der Waals surface area contributed by atoms with Gasteiger partial charge in [-0.25, -0.2) is 8.42 Å². The highest BCUT2D eigenvalue weighted by Gasteiger charge is 2.24. The number of methoxy groups -OCH3 is 1. The highest BCUT2D eigenvalue weighted by atomic mass is 32.2. The van der Waals surface area contributed by atoms with Crippen molar-refractivity contribution < 1.29 is 13.2 Å². The molecule has 0 N–H and O–H groups in total. The lowest BCUT2D eigenvalue weighted by Crippen LogP contribution is -2.30. The summed E-state index contributed by atoms with van der Waals surface area (Å²) < 4.78 is 34.9. The number of hydrogen-bond donors (Lipinski definition) is 0. The van der Waals surface area contributed by atoms with E-state index in [1.165, 1.54) is 9.87 Å². The quantitative estimate of drug-likeness (QED) is 0.382. The van der Waals surface area contributed by atoms with E-state index in [2.05, 4.69) is 22.3 Å². The van der Waals surface area contributed by atoms with Crippen LogP contribution in [0.5, 0.6) is 0 Å². The van der Waals surface area contributed by atoms with Gasteiger partial charge in [-0.3, -0.25) is 4.57 Å². The van der Waals surface area contributed by atoms with Crippen molar-refractivity contribution >= 4 is 21.8 Å². The summed E-state index contributed by atoms with van der Waals surface area (Å²) in [7, 11) is -1.91. The van der Waals surface area contributed by atoms with Gasteiger partial charge in [0, 0.05) is 31.5 Å². The van der Waals surface area contributed by atoms with Crippen LogP contribution in [0.1, 0.15) is 32.4 Å². The van der Waals surface area contributed by atoms with Crippen molar-refractivity contribution in [3.8, 4) is 11.4 Å². The van der Waals surface area contributed by atoms with E-state index in [0.29, 0.717) is 31.1 Å². The van der Waals surface area contributed by atoms with Crippen molar-refractivity contribution in [2.24, 2.45) is 0 Å². The molecule has 2 aromatic carbocycles. The molecule has 0 spiro atoms. The molecule has 0 aliphatic carbocycles. The molecule has 32 heavy (non-hydrogen) atoms. The molecule has 7 nitrogen and oxygen atoms in total. The maximum absolute atomic E-state index is 13.0. The fourth-order valence-electron chi connectivity index (χ4n) is 3.52. The number of hydrogen-bond acceptors (Lipinski definition) is 6. The van der Waals surface area contributed by atoms with Crippen LogP contribution >= 0.6 is 11.8 Å². The third-order valence-electron chi connectivity index (χ3n) is 5.16. The van der Waals surface area contributed by atoms with Crippen molar-refractivity contribution in [1.82, 2.24) is 19.1 Å². The van der Waals surface area contributed by atoms with Crippen molar-refractivity contribution in [1.29, 1.82) is 0 Å². The minimum atomic E-state index is -3.57. The molecule has 1 atom stereocenters.